The maximum atomic E-state index is 13.5. The predicted molar refractivity (Wildman–Crippen MR) is 106 cm³/mol. The fraction of sp³-hybridized carbons (Fsp3) is 0.455. The number of carbonyl (C=O) groups is 2. The number of nitrogens with one attached hydrogen (secondary N) is 1. The molecule has 0 unspecified atom stereocenters. The molecule has 164 valence electrons. The highest BCUT2D eigenvalue weighted by molar-refractivity contribution is 5.93. The highest BCUT2D eigenvalue weighted by atomic mass is 19.4. The first-order chi connectivity index (χ1) is 14.6. The molecule has 3 heterocycles. The van der Waals surface area contributed by atoms with Gasteiger partial charge in [0.2, 0.25) is 5.91 Å². The Balaban J connectivity index is 1.79. The predicted octanol–water partition coefficient (Wildman–Crippen LogP) is 3.82. The Labute approximate surface area is 177 Å². The second-order valence-electron chi connectivity index (χ2n) is 8.47. The minimum absolute atomic E-state index is 0.114. The number of benzene rings is 1. The normalized spacial score (nSPS) is 26.2. The van der Waals surface area contributed by atoms with Crippen molar-refractivity contribution in [3.8, 4) is 0 Å². The Bertz CT molecular complexity index is 1010. The molecule has 2 fully saturated rings. The van der Waals surface area contributed by atoms with Crippen LogP contribution >= 0.6 is 0 Å². The molecule has 0 bridgehead atoms. The summed E-state index contributed by atoms with van der Waals surface area (Å²) in [6.07, 6.45) is 0.194. The molecule has 0 aliphatic carbocycles. The number of halogens is 3. The number of aryl methyl sites for hydroxylation is 1. The lowest BCUT2D eigenvalue weighted by Crippen LogP contribution is -2.54. The van der Waals surface area contributed by atoms with E-state index in [1.54, 1.807) is 17.9 Å². The van der Waals surface area contributed by atoms with Gasteiger partial charge in [0.1, 0.15) is 5.69 Å². The Morgan fingerprint density at radius 3 is 2.71 bits per heavy atom. The summed E-state index contributed by atoms with van der Waals surface area (Å²) in [5.74, 6) is -0.517. The number of hydrogen-bond acceptors (Lipinski definition) is 4. The molecule has 2 aliphatic rings. The summed E-state index contributed by atoms with van der Waals surface area (Å²) < 4.78 is 40.0. The summed E-state index contributed by atoms with van der Waals surface area (Å²) >= 11 is 0. The zero-order valence-corrected chi connectivity index (χ0v) is 17.2. The maximum Gasteiger partial charge on any atom is 0.416 e. The molecule has 0 radical (unpaired) electrons. The fourth-order valence-electron chi connectivity index (χ4n) is 4.71. The first-order valence-electron chi connectivity index (χ1n) is 10.2. The minimum Gasteiger partial charge on any atom is -0.349 e. The van der Waals surface area contributed by atoms with Crippen LogP contribution in [0.15, 0.2) is 36.7 Å². The van der Waals surface area contributed by atoms with Crippen LogP contribution < -0.4 is 5.32 Å². The van der Waals surface area contributed by atoms with Crippen molar-refractivity contribution in [1.29, 1.82) is 0 Å². The molecule has 31 heavy (non-hydrogen) atoms. The highest BCUT2D eigenvalue weighted by Gasteiger charge is 2.53. The van der Waals surface area contributed by atoms with Crippen LogP contribution in [-0.4, -0.2) is 38.3 Å². The zero-order valence-electron chi connectivity index (χ0n) is 17.2. The van der Waals surface area contributed by atoms with Crippen LogP contribution in [0.2, 0.25) is 0 Å². The standard InChI is InChI=1S/C22H23F3N4O2/c1-13-11-27-16(12-26-13)20(31)29-17(14-5-3-6-15(9-14)22(23,24)25)10-21(2)18(29)7-4-8-19(30)28-21/h3,5-6,9,11-12,17-18H,4,7-8,10H2,1-2H3,(H,28,30)/t17-,18-,21-/m0/s1. The molecule has 2 aliphatic heterocycles. The number of amides is 2. The van der Waals surface area contributed by atoms with E-state index in [4.69, 9.17) is 0 Å². The molecule has 0 saturated carbocycles. The third kappa shape index (κ3) is 4.00. The van der Waals surface area contributed by atoms with Gasteiger partial charge >= 0.3 is 6.18 Å². The summed E-state index contributed by atoms with van der Waals surface area (Å²) in [4.78, 5) is 35.7. The van der Waals surface area contributed by atoms with Crippen LogP contribution in [0.5, 0.6) is 0 Å². The van der Waals surface area contributed by atoms with Gasteiger partial charge in [-0.2, -0.15) is 13.2 Å². The Morgan fingerprint density at radius 1 is 1.26 bits per heavy atom. The molecule has 2 aromatic rings. The molecule has 1 N–H and O–H groups in total. The second kappa shape index (κ2) is 7.62. The lowest BCUT2D eigenvalue weighted by atomic mass is 9.88. The highest BCUT2D eigenvalue weighted by Crippen LogP contribution is 2.46. The van der Waals surface area contributed by atoms with Crippen molar-refractivity contribution >= 4 is 11.8 Å². The van der Waals surface area contributed by atoms with E-state index in [1.807, 2.05) is 6.92 Å². The van der Waals surface area contributed by atoms with Crippen molar-refractivity contribution < 1.29 is 22.8 Å². The van der Waals surface area contributed by atoms with Gasteiger partial charge in [-0.15, -0.1) is 0 Å². The van der Waals surface area contributed by atoms with Gasteiger partial charge in [0.05, 0.1) is 35.1 Å². The van der Waals surface area contributed by atoms with Crippen LogP contribution in [0.1, 0.15) is 66.0 Å². The van der Waals surface area contributed by atoms with Crippen LogP contribution in [0.25, 0.3) is 0 Å². The molecule has 0 spiro atoms. The molecule has 3 atom stereocenters. The second-order valence-corrected chi connectivity index (χ2v) is 8.47. The number of rotatable bonds is 2. The molecular weight excluding hydrogens is 409 g/mol. The lowest BCUT2D eigenvalue weighted by molar-refractivity contribution is -0.137. The topological polar surface area (TPSA) is 75.2 Å². The van der Waals surface area contributed by atoms with Gasteiger partial charge in [0.15, 0.2) is 0 Å². The number of carbonyl (C=O) groups excluding carboxylic acids is 2. The molecular formula is C22H23F3N4O2. The van der Waals surface area contributed by atoms with Crippen LogP contribution in [0.3, 0.4) is 0 Å². The fourth-order valence-corrected chi connectivity index (χ4v) is 4.71. The van der Waals surface area contributed by atoms with Crippen LogP contribution in [0.4, 0.5) is 13.2 Å². The number of alkyl halides is 3. The average Bonchev–Trinajstić information content (AvgIpc) is 2.90. The largest absolute Gasteiger partial charge is 0.416 e. The van der Waals surface area contributed by atoms with Crippen molar-refractivity contribution in [2.24, 2.45) is 0 Å². The average molecular weight is 432 g/mol. The van der Waals surface area contributed by atoms with Crippen LogP contribution in [-0.2, 0) is 11.0 Å². The van der Waals surface area contributed by atoms with E-state index in [0.29, 0.717) is 36.9 Å². The summed E-state index contributed by atoms with van der Waals surface area (Å²) in [7, 11) is 0. The van der Waals surface area contributed by atoms with Crippen molar-refractivity contribution in [3.05, 3.63) is 59.2 Å². The summed E-state index contributed by atoms with van der Waals surface area (Å²) in [5.41, 5.74) is -0.359. The van der Waals surface area contributed by atoms with Gasteiger partial charge < -0.3 is 10.2 Å². The Morgan fingerprint density at radius 2 is 2.03 bits per heavy atom. The van der Waals surface area contributed by atoms with E-state index in [1.165, 1.54) is 18.5 Å². The minimum atomic E-state index is -4.49. The third-order valence-electron chi connectivity index (χ3n) is 6.16. The van der Waals surface area contributed by atoms with Gasteiger partial charge in [-0.1, -0.05) is 12.1 Å². The van der Waals surface area contributed by atoms with Crippen molar-refractivity contribution in [3.63, 3.8) is 0 Å². The number of fused-ring (bicyclic) bond motifs is 1. The molecule has 2 saturated heterocycles. The van der Waals surface area contributed by atoms with Crippen LogP contribution in [0, 0.1) is 6.92 Å². The number of aromatic nitrogens is 2. The summed E-state index contributed by atoms with van der Waals surface area (Å²) in [6, 6.07) is 4.04. The summed E-state index contributed by atoms with van der Waals surface area (Å²) in [5, 5.41) is 3.02. The third-order valence-corrected chi connectivity index (χ3v) is 6.16. The molecule has 6 nitrogen and oxygen atoms in total. The van der Waals surface area contributed by atoms with Crippen molar-refractivity contribution in [2.45, 2.75) is 63.3 Å². The lowest BCUT2D eigenvalue weighted by Gasteiger charge is -2.35. The van der Waals surface area contributed by atoms with E-state index in [2.05, 4.69) is 15.3 Å². The number of nitrogens with zero attached hydrogens (tertiary/aromatic N) is 3. The first-order valence-corrected chi connectivity index (χ1v) is 10.2. The number of likely N-dealkylation sites (tertiary alicyclic amines) is 1. The molecule has 2 amide bonds. The van der Waals surface area contributed by atoms with Gasteiger partial charge in [0, 0.05) is 12.6 Å². The van der Waals surface area contributed by atoms with E-state index in [0.717, 1.165) is 12.1 Å². The van der Waals surface area contributed by atoms with Gasteiger partial charge in [0.25, 0.3) is 5.91 Å². The maximum absolute atomic E-state index is 13.5. The first kappa shape index (κ1) is 21.3. The van der Waals surface area contributed by atoms with Gasteiger partial charge in [-0.25, -0.2) is 4.98 Å². The molecule has 9 heteroatoms. The Kier molecular flexibility index (Phi) is 5.23. The monoisotopic (exact) mass is 432 g/mol. The quantitative estimate of drug-likeness (QED) is 0.783. The van der Waals surface area contributed by atoms with Crippen molar-refractivity contribution in [1.82, 2.24) is 20.2 Å². The molecule has 4 rings (SSSR count). The van der Waals surface area contributed by atoms with Gasteiger partial charge in [-0.3, -0.25) is 14.6 Å². The van der Waals surface area contributed by atoms with Crippen molar-refractivity contribution in [2.75, 3.05) is 0 Å². The van der Waals surface area contributed by atoms with E-state index in [-0.39, 0.29) is 17.6 Å². The SMILES string of the molecule is Cc1cnc(C(=O)N2[C@H]3CCCC(=O)N[C@@]3(C)C[C@H]2c2cccc(C(F)(F)F)c2)cn1. The van der Waals surface area contributed by atoms with E-state index in [9.17, 15) is 22.8 Å². The van der Waals surface area contributed by atoms with E-state index < -0.39 is 29.2 Å². The van der Waals surface area contributed by atoms with Gasteiger partial charge in [-0.05, 0) is 50.8 Å². The smallest absolute Gasteiger partial charge is 0.349 e. The van der Waals surface area contributed by atoms with E-state index >= 15 is 0 Å². The zero-order chi connectivity index (χ0) is 22.4. The number of hydrogen-bond donors (Lipinski definition) is 1. The summed E-state index contributed by atoms with van der Waals surface area (Å²) in [6.45, 7) is 3.61. The molecule has 1 aromatic carbocycles. The molecule has 1 aromatic heterocycles. The Hall–Kier alpha value is -2.97.